The van der Waals surface area contributed by atoms with E-state index in [0.717, 1.165) is 18.2 Å². The Hall–Kier alpha value is -2.50. The Balaban J connectivity index is 2.33. The summed E-state index contributed by atoms with van der Waals surface area (Å²) < 4.78 is 80.9. The quantitative estimate of drug-likeness (QED) is 0.420. The summed E-state index contributed by atoms with van der Waals surface area (Å²) in [5, 5.41) is -0.668. The van der Waals surface area contributed by atoms with Crippen molar-refractivity contribution in [2.24, 2.45) is 0 Å². The van der Waals surface area contributed by atoms with Crippen molar-refractivity contribution < 1.29 is 26.3 Å². The zero-order valence-electron chi connectivity index (χ0n) is 10.7. The van der Waals surface area contributed by atoms with Crippen molar-refractivity contribution in [3.8, 4) is 11.1 Å². The minimum atomic E-state index is -1.43. The molecule has 3 aromatic rings. The maximum Gasteiger partial charge on any atom is 0.169 e. The summed E-state index contributed by atoms with van der Waals surface area (Å²) in [7, 11) is 0. The average Bonchev–Trinajstić information content (AvgIpc) is 2.46. The van der Waals surface area contributed by atoms with Crippen molar-refractivity contribution in [3.63, 3.8) is 0 Å². The second kappa shape index (κ2) is 5.05. The number of benzene rings is 3. The van der Waals surface area contributed by atoms with E-state index in [1.54, 1.807) is 0 Å². The van der Waals surface area contributed by atoms with Crippen LogP contribution in [0.5, 0.6) is 0 Å². The fourth-order valence-corrected chi connectivity index (χ4v) is 2.27. The lowest BCUT2D eigenvalue weighted by molar-refractivity contribution is 0.497. The summed E-state index contributed by atoms with van der Waals surface area (Å²) in [5.74, 6) is -7.61. The monoisotopic (exact) mass is 312 g/mol. The van der Waals surface area contributed by atoms with E-state index >= 15 is 0 Å². The van der Waals surface area contributed by atoms with Crippen LogP contribution in [0.1, 0.15) is 0 Å². The highest BCUT2D eigenvalue weighted by Gasteiger charge is 2.17. The first-order chi connectivity index (χ1) is 10.4. The third-order valence-corrected chi connectivity index (χ3v) is 3.26. The first-order valence-corrected chi connectivity index (χ1v) is 6.10. The molecule has 0 radical (unpaired) electrons. The molecule has 3 aromatic carbocycles. The lowest BCUT2D eigenvalue weighted by Gasteiger charge is -2.09. The lowest BCUT2D eigenvalue weighted by atomic mass is 9.99. The van der Waals surface area contributed by atoms with Crippen LogP contribution >= 0.6 is 0 Å². The van der Waals surface area contributed by atoms with Crippen LogP contribution in [0.4, 0.5) is 26.3 Å². The van der Waals surface area contributed by atoms with Crippen molar-refractivity contribution >= 4 is 10.8 Å². The van der Waals surface area contributed by atoms with Crippen LogP contribution in [0, 0.1) is 34.9 Å². The van der Waals surface area contributed by atoms with E-state index in [1.807, 2.05) is 0 Å². The van der Waals surface area contributed by atoms with Gasteiger partial charge in [-0.3, -0.25) is 0 Å². The maximum absolute atomic E-state index is 14.0. The summed E-state index contributed by atoms with van der Waals surface area (Å²) in [6.07, 6.45) is 0. The van der Waals surface area contributed by atoms with Gasteiger partial charge in [-0.2, -0.15) is 0 Å². The SMILES string of the molecule is Fc1cc(F)c(F)c(-c2cc(F)c3c(F)c(F)ccc3c2)c1. The zero-order chi connectivity index (χ0) is 16.0. The molecule has 0 unspecified atom stereocenters. The lowest BCUT2D eigenvalue weighted by Crippen LogP contribution is -1.95. The van der Waals surface area contributed by atoms with Gasteiger partial charge in [-0.25, -0.2) is 26.3 Å². The molecule has 0 heterocycles. The highest BCUT2D eigenvalue weighted by molar-refractivity contribution is 5.88. The molecule has 22 heavy (non-hydrogen) atoms. The molecular formula is C16H6F6. The van der Waals surface area contributed by atoms with Crippen LogP contribution in [-0.4, -0.2) is 0 Å². The molecule has 0 spiro atoms. The Morgan fingerprint density at radius 2 is 1.32 bits per heavy atom. The highest BCUT2D eigenvalue weighted by Crippen LogP contribution is 2.32. The summed E-state index contributed by atoms with van der Waals surface area (Å²) >= 11 is 0. The van der Waals surface area contributed by atoms with Gasteiger partial charge in [-0.05, 0) is 35.2 Å². The molecule has 0 fully saturated rings. The van der Waals surface area contributed by atoms with Crippen LogP contribution < -0.4 is 0 Å². The molecule has 0 aliphatic rings. The molecule has 0 atom stereocenters. The molecule has 0 N–H and O–H groups in total. The first kappa shape index (κ1) is 14.4. The maximum atomic E-state index is 14.0. The molecule has 112 valence electrons. The van der Waals surface area contributed by atoms with E-state index in [0.29, 0.717) is 18.2 Å². The van der Waals surface area contributed by atoms with Gasteiger partial charge in [0.1, 0.15) is 11.6 Å². The van der Waals surface area contributed by atoms with E-state index in [2.05, 4.69) is 0 Å². The fourth-order valence-electron chi connectivity index (χ4n) is 2.27. The molecule has 3 rings (SSSR count). The van der Waals surface area contributed by atoms with Crippen LogP contribution in [0.25, 0.3) is 21.9 Å². The van der Waals surface area contributed by atoms with Crippen LogP contribution in [-0.2, 0) is 0 Å². The standard InChI is InChI=1S/C16H6F6/c17-9-5-10(15(21)13(20)6-9)8-3-7-1-2-11(18)16(22)14(7)12(19)4-8/h1-6H. The summed E-state index contributed by atoms with van der Waals surface area (Å²) in [4.78, 5) is 0. The van der Waals surface area contributed by atoms with Gasteiger partial charge in [-0.15, -0.1) is 0 Å². The minimum Gasteiger partial charge on any atom is -0.207 e. The third-order valence-electron chi connectivity index (χ3n) is 3.26. The van der Waals surface area contributed by atoms with Gasteiger partial charge in [0.05, 0.1) is 5.39 Å². The summed E-state index contributed by atoms with van der Waals surface area (Å²) in [6.45, 7) is 0. The topological polar surface area (TPSA) is 0 Å². The molecule has 0 saturated carbocycles. The van der Waals surface area contributed by atoms with E-state index in [1.165, 1.54) is 0 Å². The Morgan fingerprint density at radius 3 is 2.05 bits per heavy atom. The number of hydrogen-bond acceptors (Lipinski definition) is 0. The highest BCUT2D eigenvalue weighted by atomic mass is 19.2. The molecule has 0 nitrogen and oxygen atoms in total. The second-order valence-electron chi connectivity index (χ2n) is 4.67. The van der Waals surface area contributed by atoms with E-state index in [9.17, 15) is 26.3 Å². The molecule has 6 heteroatoms. The van der Waals surface area contributed by atoms with Gasteiger partial charge in [0, 0.05) is 11.6 Å². The number of hydrogen-bond donors (Lipinski definition) is 0. The van der Waals surface area contributed by atoms with E-state index < -0.39 is 45.9 Å². The van der Waals surface area contributed by atoms with Crippen LogP contribution in [0.15, 0.2) is 36.4 Å². The zero-order valence-corrected chi connectivity index (χ0v) is 10.7. The first-order valence-electron chi connectivity index (χ1n) is 6.10. The van der Waals surface area contributed by atoms with E-state index in [4.69, 9.17) is 0 Å². The van der Waals surface area contributed by atoms with Gasteiger partial charge in [-0.1, -0.05) is 6.07 Å². The Morgan fingerprint density at radius 1 is 0.591 bits per heavy atom. The van der Waals surface area contributed by atoms with Crippen molar-refractivity contribution in [2.75, 3.05) is 0 Å². The Kier molecular flexibility index (Phi) is 3.31. The normalized spacial score (nSPS) is 11.2. The fraction of sp³-hybridized carbons (Fsp3) is 0. The average molecular weight is 312 g/mol. The molecule has 0 aromatic heterocycles. The summed E-state index contributed by atoms with van der Waals surface area (Å²) in [5.41, 5.74) is -0.699. The Bertz CT molecular complexity index is 901. The minimum absolute atomic E-state index is 0.0574. The predicted octanol–water partition coefficient (Wildman–Crippen LogP) is 5.34. The molecule has 0 saturated heterocycles. The second-order valence-corrected chi connectivity index (χ2v) is 4.67. The molecule has 0 aliphatic carbocycles. The van der Waals surface area contributed by atoms with Crippen molar-refractivity contribution in [1.29, 1.82) is 0 Å². The molecule has 0 amide bonds. The smallest absolute Gasteiger partial charge is 0.169 e. The Labute approximate surface area is 120 Å². The van der Waals surface area contributed by atoms with Gasteiger partial charge in [0.25, 0.3) is 0 Å². The van der Waals surface area contributed by atoms with Gasteiger partial charge >= 0.3 is 0 Å². The number of halogens is 6. The predicted molar refractivity (Wildman–Crippen MR) is 69.1 cm³/mol. The number of rotatable bonds is 1. The van der Waals surface area contributed by atoms with Gasteiger partial charge in [0.15, 0.2) is 23.3 Å². The summed E-state index contributed by atoms with van der Waals surface area (Å²) in [6, 6.07) is 4.74. The van der Waals surface area contributed by atoms with Crippen LogP contribution in [0.3, 0.4) is 0 Å². The largest absolute Gasteiger partial charge is 0.207 e. The molecule has 0 aliphatic heterocycles. The van der Waals surface area contributed by atoms with Gasteiger partial charge < -0.3 is 0 Å². The van der Waals surface area contributed by atoms with Crippen LogP contribution in [0.2, 0.25) is 0 Å². The third kappa shape index (κ3) is 2.20. The van der Waals surface area contributed by atoms with Crippen molar-refractivity contribution in [2.45, 2.75) is 0 Å². The van der Waals surface area contributed by atoms with Crippen molar-refractivity contribution in [1.82, 2.24) is 0 Å². The van der Waals surface area contributed by atoms with Gasteiger partial charge in [0.2, 0.25) is 0 Å². The van der Waals surface area contributed by atoms with Crippen molar-refractivity contribution in [3.05, 3.63) is 71.3 Å². The molecular weight excluding hydrogens is 306 g/mol. The van der Waals surface area contributed by atoms with E-state index in [-0.39, 0.29) is 10.9 Å². The molecule has 0 bridgehead atoms. The number of fused-ring (bicyclic) bond motifs is 1.